The van der Waals surface area contributed by atoms with Gasteiger partial charge in [-0.25, -0.2) is 4.39 Å². The predicted octanol–water partition coefficient (Wildman–Crippen LogP) is 4.07. The van der Waals surface area contributed by atoms with E-state index in [9.17, 15) is 22.4 Å². The number of hydrogen-bond acceptors (Lipinski definition) is 6. The van der Waals surface area contributed by atoms with Gasteiger partial charge < -0.3 is 19.7 Å². The maximum absolute atomic E-state index is 14.2. The van der Waals surface area contributed by atoms with Gasteiger partial charge in [-0.15, -0.1) is 13.2 Å². The number of alkyl halides is 3. The number of aryl methyl sites for hydroxylation is 1. The highest BCUT2D eigenvalue weighted by molar-refractivity contribution is 6.45. The fourth-order valence-corrected chi connectivity index (χ4v) is 2.84. The van der Waals surface area contributed by atoms with Crippen molar-refractivity contribution in [3.05, 3.63) is 64.5 Å². The molecule has 1 N–H and O–H groups in total. The first-order valence-electron chi connectivity index (χ1n) is 9.22. The summed E-state index contributed by atoms with van der Waals surface area (Å²) in [5.74, 6) is -2.20. The van der Waals surface area contributed by atoms with E-state index in [2.05, 4.69) is 20.4 Å². The Morgan fingerprint density at radius 3 is 2.44 bits per heavy atom. The maximum Gasteiger partial charge on any atom is 0.573 e. The summed E-state index contributed by atoms with van der Waals surface area (Å²) in [6, 6.07) is 8.13. The fourth-order valence-electron chi connectivity index (χ4n) is 2.84. The number of nitrogens with zero attached hydrogens (tertiary/aromatic N) is 2. The van der Waals surface area contributed by atoms with Crippen LogP contribution in [0.3, 0.4) is 0 Å². The van der Waals surface area contributed by atoms with Crippen molar-refractivity contribution >= 4 is 17.3 Å². The van der Waals surface area contributed by atoms with E-state index in [0.29, 0.717) is 11.1 Å². The number of rotatable bonds is 8. The van der Waals surface area contributed by atoms with Gasteiger partial charge in [-0.3, -0.25) is 4.79 Å². The van der Waals surface area contributed by atoms with Gasteiger partial charge in [0, 0.05) is 18.2 Å². The van der Waals surface area contributed by atoms with Gasteiger partial charge in [0.1, 0.15) is 25.3 Å². The molecule has 1 amide bonds. The molecule has 11 heteroatoms. The van der Waals surface area contributed by atoms with Gasteiger partial charge in [0.15, 0.2) is 5.71 Å². The van der Waals surface area contributed by atoms with Crippen LogP contribution < -0.4 is 10.1 Å². The standard InChI is InChI=1S/C21H21F4N3O4/c1-12-7-5-8-14(19(28-30-4)20(29)26-3)15(12)11-31-27-13(2)18-16(22)9-6-10-17(18)32-21(23,24)25/h5-10H,11H2,1-4H3,(H,26,29)/b27-13+,28-19+. The quantitative estimate of drug-likeness (QED) is 0.370. The van der Waals surface area contributed by atoms with Gasteiger partial charge in [0.2, 0.25) is 0 Å². The van der Waals surface area contributed by atoms with Crippen LogP contribution in [-0.2, 0) is 21.1 Å². The lowest BCUT2D eigenvalue weighted by atomic mass is 9.98. The maximum atomic E-state index is 14.2. The van der Waals surface area contributed by atoms with E-state index in [1.165, 1.54) is 21.1 Å². The summed E-state index contributed by atoms with van der Waals surface area (Å²) >= 11 is 0. The van der Waals surface area contributed by atoms with Crippen molar-refractivity contribution in [1.29, 1.82) is 0 Å². The summed E-state index contributed by atoms with van der Waals surface area (Å²) in [6.07, 6.45) is -5.00. The average molecular weight is 455 g/mol. The first-order valence-corrected chi connectivity index (χ1v) is 9.22. The number of oxime groups is 2. The van der Waals surface area contributed by atoms with Crippen molar-refractivity contribution < 1.29 is 36.8 Å². The molecule has 0 saturated carbocycles. The number of hydrogen-bond donors (Lipinski definition) is 1. The second-order valence-electron chi connectivity index (χ2n) is 6.41. The Balaban J connectivity index is 2.35. The highest BCUT2D eigenvalue weighted by atomic mass is 19.4. The Hall–Kier alpha value is -3.63. The van der Waals surface area contributed by atoms with Crippen molar-refractivity contribution in [3.8, 4) is 5.75 Å². The van der Waals surface area contributed by atoms with Gasteiger partial charge >= 0.3 is 6.36 Å². The van der Waals surface area contributed by atoms with E-state index >= 15 is 0 Å². The van der Waals surface area contributed by atoms with Crippen LogP contribution in [0.5, 0.6) is 5.75 Å². The van der Waals surface area contributed by atoms with E-state index in [4.69, 9.17) is 9.68 Å². The minimum absolute atomic E-state index is 0.00651. The summed E-state index contributed by atoms with van der Waals surface area (Å²) in [4.78, 5) is 22.2. The molecule has 2 aromatic rings. The lowest BCUT2D eigenvalue weighted by Crippen LogP contribution is -2.29. The Labute approximate surface area is 181 Å². The Kier molecular flexibility index (Phi) is 8.16. The number of likely N-dealkylation sites (N-methyl/N-ethyl adjacent to an activating group) is 1. The minimum atomic E-state index is -5.00. The molecule has 0 aliphatic heterocycles. The summed E-state index contributed by atoms with van der Waals surface area (Å²) in [7, 11) is 2.72. The molecule has 0 aliphatic carbocycles. The lowest BCUT2D eigenvalue weighted by molar-refractivity contribution is -0.274. The zero-order chi connectivity index (χ0) is 23.9. The highest BCUT2D eigenvalue weighted by Crippen LogP contribution is 2.29. The molecule has 0 aliphatic rings. The Bertz CT molecular complexity index is 1040. The third-order valence-electron chi connectivity index (χ3n) is 4.26. The van der Waals surface area contributed by atoms with Crippen molar-refractivity contribution in [1.82, 2.24) is 5.32 Å². The van der Waals surface area contributed by atoms with Crippen molar-refractivity contribution in [2.45, 2.75) is 26.8 Å². The number of nitrogens with one attached hydrogen (secondary N) is 1. The lowest BCUT2D eigenvalue weighted by Gasteiger charge is -2.14. The second-order valence-corrected chi connectivity index (χ2v) is 6.41. The molecular formula is C21H21F4N3O4. The summed E-state index contributed by atoms with van der Waals surface area (Å²) in [5, 5.41) is 9.96. The number of carbonyl (C=O) groups excluding carboxylic acids is 1. The van der Waals surface area contributed by atoms with Gasteiger partial charge in [0.05, 0.1) is 11.3 Å². The van der Waals surface area contributed by atoms with E-state index < -0.39 is 29.4 Å². The molecule has 0 fully saturated rings. The van der Waals surface area contributed by atoms with Gasteiger partial charge in [0.25, 0.3) is 5.91 Å². The smallest absolute Gasteiger partial charge is 0.405 e. The number of carbonyl (C=O) groups is 1. The largest absolute Gasteiger partial charge is 0.573 e. The zero-order valence-corrected chi connectivity index (χ0v) is 17.7. The Morgan fingerprint density at radius 2 is 1.81 bits per heavy atom. The third kappa shape index (κ3) is 6.19. The first kappa shape index (κ1) is 24.6. The SMILES string of the molecule is CNC(=O)/C(=N/OC)c1cccc(C)c1CO/N=C(\C)c1c(F)cccc1OC(F)(F)F. The number of ether oxygens (including phenoxy) is 1. The minimum Gasteiger partial charge on any atom is -0.405 e. The molecule has 0 saturated heterocycles. The van der Waals surface area contributed by atoms with Gasteiger partial charge in [-0.05, 0) is 31.5 Å². The molecule has 2 rings (SSSR count). The van der Waals surface area contributed by atoms with Crippen LogP contribution >= 0.6 is 0 Å². The van der Waals surface area contributed by atoms with Gasteiger partial charge in [-0.1, -0.05) is 34.6 Å². The number of halogens is 4. The molecular weight excluding hydrogens is 434 g/mol. The van der Waals surface area contributed by atoms with Crippen LogP contribution in [-0.4, -0.2) is 37.9 Å². The number of amides is 1. The number of benzene rings is 2. The topological polar surface area (TPSA) is 81.5 Å². The van der Waals surface area contributed by atoms with Crippen LogP contribution in [0, 0.1) is 12.7 Å². The highest BCUT2D eigenvalue weighted by Gasteiger charge is 2.33. The third-order valence-corrected chi connectivity index (χ3v) is 4.26. The molecule has 32 heavy (non-hydrogen) atoms. The van der Waals surface area contributed by atoms with Crippen LogP contribution in [0.4, 0.5) is 17.6 Å². The van der Waals surface area contributed by atoms with Crippen LogP contribution in [0.1, 0.15) is 29.2 Å². The summed E-state index contributed by atoms with van der Waals surface area (Å²) < 4.78 is 56.0. The molecule has 172 valence electrons. The van der Waals surface area contributed by atoms with Crippen LogP contribution in [0.15, 0.2) is 46.7 Å². The average Bonchev–Trinajstić information content (AvgIpc) is 2.71. The first-order chi connectivity index (χ1) is 15.1. The molecule has 0 heterocycles. The molecule has 2 aromatic carbocycles. The molecule has 0 unspecified atom stereocenters. The van der Waals surface area contributed by atoms with E-state index in [0.717, 1.165) is 23.8 Å². The molecule has 0 spiro atoms. The van der Waals surface area contributed by atoms with E-state index in [1.54, 1.807) is 25.1 Å². The predicted molar refractivity (Wildman–Crippen MR) is 109 cm³/mol. The van der Waals surface area contributed by atoms with Crippen molar-refractivity contribution in [2.75, 3.05) is 14.2 Å². The van der Waals surface area contributed by atoms with Crippen LogP contribution in [0.2, 0.25) is 0 Å². The van der Waals surface area contributed by atoms with Crippen molar-refractivity contribution in [3.63, 3.8) is 0 Å². The fraction of sp³-hybridized carbons (Fsp3) is 0.286. The van der Waals surface area contributed by atoms with Crippen LogP contribution in [0.25, 0.3) is 0 Å². The molecule has 0 bridgehead atoms. The molecule has 0 atom stereocenters. The van der Waals surface area contributed by atoms with Crippen molar-refractivity contribution in [2.24, 2.45) is 10.3 Å². The zero-order valence-electron chi connectivity index (χ0n) is 17.7. The van der Waals surface area contributed by atoms with E-state index in [1.807, 2.05) is 0 Å². The molecule has 7 nitrogen and oxygen atoms in total. The summed E-state index contributed by atoms with van der Waals surface area (Å²) in [5.41, 5.74) is 1.01. The molecule has 0 radical (unpaired) electrons. The Morgan fingerprint density at radius 1 is 1.12 bits per heavy atom. The van der Waals surface area contributed by atoms with Gasteiger partial charge in [-0.2, -0.15) is 0 Å². The second kappa shape index (κ2) is 10.6. The summed E-state index contributed by atoms with van der Waals surface area (Å²) in [6.45, 7) is 2.87. The normalized spacial score (nSPS) is 12.4. The van der Waals surface area contributed by atoms with E-state index in [-0.39, 0.29) is 18.0 Å². The monoisotopic (exact) mass is 455 g/mol. The molecule has 0 aromatic heterocycles.